The molecule has 8 heteroatoms. The van der Waals surface area contributed by atoms with Crippen molar-refractivity contribution in [1.29, 1.82) is 0 Å². The number of fused-ring (bicyclic) bond motifs is 1. The SMILES string of the molecule is CC(=O)N1CCCC2(CC(=O)c3cc(C=CC(=O)NOC4CCCCO4)ccc3O2)C1. The van der Waals surface area contributed by atoms with Crippen molar-refractivity contribution in [2.45, 2.75) is 57.3 Å². The van der Waals surface area contributed by atoms with Crippen LogP contribution in [0.5, 0.6) is 5.75 Å². The van der Waals surface area contributed by atoms with Crippen LogP contribution in [-0.2, 0) is 19.2 Å². The Labute approximate surface area is 181 Å². The minimum absolute atomic E-state index is 0.00119. The third-order valence-electron chi connectivity index (χ3n) is 5.95. The summed E-state index contributed by atoms with van der Waals surface area (Å²) < 4.78 is 11.6. The first kappa shape index (κ1) is 21.5. The van der Waals surface area contributed by atoms with Gasteiger partial charge in [0.2, 0.25) is 5.91 Å². The fourth-order valence-corrected chi connectivity index (χ4v) is 4.34. The van der Waals surface area contributed by atoms with E-state index < -0.39 is 17.8 Å². The van der Waals surface area contributed by atoms with E-state index in [4.69, 9.17) is 14.3 Å². The standard InChI is InChI=1S/C23H28N2O6/c1-16(26)25-11-4-10-23(15-25)14-19(27)18-13-17(6-8-20(18)30-23)7-9-21(28)24-31-22-5-2-3-12-29-22/h6-9,13,22H,2-5,10-12,14-15H2,1H3,(H,24,28). The summed E-state index contributed by atoms with van der Waals surface area (Å²) >= 11 is 0. The zero-order valence-corrected chi connectivity index (χ0v) is 17.7. The van der Waals surface area contributed by atoms with E-state index in [9.17, 15) is 14.4 Å². The topological polar surface area (TPSA) is 94.2 Å². The van der Waals surface area contributed by atoms with Crippen LogP contribution in [0.2, 0.25) is 0 Å². The van der Waals surface area contributed by atoms with Gasteiger partial charge in [-0.15, -0.1) is 0 Å². The summed E-state index contributed by atoms with van der Waals surface area (Å²) in [5.41, 5.74) is 2.93. The van der Waals surface area contributed by atoms with Gasteiger partial charge in [0.15, 0.2) is 12.1 Å². The molecular weight excluding hydrogens is 400 g/mol. The second-order valence-corrected chi connectivity index (χ2v) is 8.40. The van der Waals surface area contributed by atoms with E-state index in [1.165, 1.54) is 6.08 Å². The van der Waals surface area contributed by atoms with Crippen molar-refractivity contribution in [3.63, 3.8) is 0 Å². The van der Waals surface area contributed by atoms with Gasteiger partial charge in [-0.05, 0) is 49.5 Å². The number of carbonyl (C=O) groups excluding carboxylic acids is 3. The van der Waals surface area contributed by atoms with E-state index in [0.29, 0.717) is 36.6 Å². The molecular formula is C23H28N2O6. The quantitative estimate of drug-likeness (QED) is 0.585. The third-order valence-corrected chi connectivity index (χ3v) is 5.95. The molecule has 2 atom stereocenters. The van der Waals surface area contributed by atoms with Crippen molar-refractivity contribution < 1.29 is 28.7 Å². The maximum atomic E-state index is 12.9. The number of benzene rings is 1. The van der Waals surface area contributed by atoms with Crippen molar-refractivity contribution in [1.82, 2.24) is 10.4 Å². The van der Waals surface area contributed by atoms with Crippen molar-refractivity contribution in [3.8, 4) is 5.75 Å². The minimum atomic E-state index is -0.649. The van der Waals surface area contributed by atoms with Crippen LogP contribution in [0.1, 0.15) is 61.4 Å². The van der Waals surface area contributed by atoms with Gasteiger partial charge in [0.1, 0.15) is 11.4 Å². The lowest BCUT2D eigenvalue weighted by Crippen LogP contribution is -2.55. The first-order chi connectivity index (χ1) is 14.9. The Hall–Kier alpha value is -2.71. The number of Topliss-reactive ketones (excluding diaryl/α,β-unsaturated/α-hetero) is 1. The van der Waals surface area contributed by atoms with Crippen LogP contribution in [0.15, 0.2) is 24.3 Å². The van der Waals surface area contributed by atoms with Crippen molar-refractivity contribution in [3.05, 3.63) is 35.4 Å². The molecule has 8 nitrogen and oxygen atoms in total. The number of hydrogen-bond acceptors (Lipinski definition) is 6. The Balaban J connectivity index is 1.39. The lowest BCUT2D eigenvalue weighted by molar-refractivity contribution is -0.198. The van der Waals surface area contributed by atoms with Crippen LogP contribution in [0.4, 0.5) is 0 Å². The molecule has 31 heavy (non-hydrogen) atoms. The summed E-state index contributed by atoms with van der Waals surface area (Å²) in [6.07, 6.45) is 7.13. The fourth-order valence-electron chi connectivity index (χ4n) is 4.34. The Bertz CT molecular complexity index is 892. The number of hydrogen-bond donors (Lipinski definition) is 1. The van der Waals surface area contributed by atoms with E-state index in [0.717, 1.165) is 32.1 Å². The Kier molecular flexibility index (Phi) is 6.38. The lowest BCUT2D eigenvalue weighted by Gasteiger charge is -2.44. The average molecular weight is 428 g/mol. The zero-order chi connectivity index (χ0) is 21.8. The van der Waals surface area contributed by atoms with Gasteiger partial charge in [-0.3, -0.25) is 14.4 Å². The molecule has 3 aliphatic rings. The van der Waals surface area contributed by atoms with Gasteiger partial charge in [-0.25, -0.2) is 10.3 Å². The largest absolute Gasteiger partial charge is 0.484 e. The molecule has 0 aromatic heterocycles. The fraction of sp³-hybridized carbons (Fsp3) is 0.522. The molecule has 4 rings (SSSR count). The van der Waals surface area contributed by atoms with Gasteiger partial charge in [0.05, 0.1) is 18.5 Å². The highest BCUT2D eigenvalue weighted by molar-refractivity contribution is 6.01. The maximum absolute atomic E-state index is 12.9. The Morgan fingerprint density at radius 3 is 2.94 bits per heavy atom. The van der Waals surface area contributed by atoms with Crippen LogP contribution in [0.25, 0.3) is 6.08 Å². The number of ketones is 1. The van der Waals surface area contributed by atoms with Crippen LogP contribution in [-0.4, -0.2) is 54.1 Å². The number of ether oxygens (including phenoxy) is 2. The summed E-state index contributed by atoms with van der Waals surface area (Å²) in [5.74, 6) is 0.115. The molecule has 0 radical (unpaired) electrons. The number of nitrogens with zero attached hydrogens (tertiary/aromatic N) is 1. The molecule has 3 aliphatic heterocycles. The molecule has 2 saturated heterocycles. The summed E-state index contributed by atoms with van der Waals surface area (Å²) in [4.78, 5) is 43.7. The number of amides is 2. The number of piperidine rings is 1. The molecule has 0 aliphatic carbocycles. The van der Waals surface area contributed by atoms with Crippen LogP contribution >= 0.6 is 0 Å². The van der Waals surface area contributed by atoms with E-state index in [1.807, 2.05) is 0 Å². The minimum Gasteiger partial charge on any atom is -0.484 e. The summed E-state index contributed by atoms with van der Waals surface area (Å²) in [6, 6.07) is 5.28. The lowest BCUT2D eigenvalue weighted by atomic mass is 9.83. The monoisotopic (exact) mass is 428 g/mol. The number of rotatable bonds is 4. The molecule has 1 spiro atoms. The number of hydroxylamine groups is 1. The summed E-state index contributed by atoms with van der Waals surface area (Å²) in [7, 11) is 0. The average Bonchev–Trinajstić information content (AvgIpc) is 2.77. The first-order valence-electron chi connectivity index (χ1n) is 10.8. The van der Waals surface area contributed by atoms with Gasteiger partial charge in [-0.2, -0.15) is 0 Å². The zero-order valence-electron chi connectivity index (χ0n) is 17.7. The summed E-state index contributed by atoms with van der Waals surface area (Å²) in [5, 5.41) is 0. The highest BCUT2D eigenvalue weighted by Gasteiger charge is 2.44. The molecule has 1 N–H and O–H groups in total. The predicted octanol–water partition coefficient (Wildman–Crippen LogP) is 2.62. The van der Waals surface area contributed by atoms with E-state index in [-0.39, 0.29) is 18.1 Å². The number of carbonyl (C=O) groups is 3. The van der Waals surface area contributed by atoms with Gasteiger partial charge in [0, 0.05) is 32.6 Å². The van der Waals surface area contributed by atoms with Crippen molar-refractivity contribution in [2.75, 3.05) is 19.7 Å². The smallest absolute Gasteiger partial charge is 0.267 e. The molecule has 0 saturated carbocycles. The second-order valence-electron chi connectivity index (χ2n) is 8.40. The van der Waals surface area contributed by atoms with Crippen molar-refractivity contribution >= 4 is 23.7 Å². The van der Waals surface area contributed by atoms with Gasteiger partial charge in [0.25, 0.3) is 5.91 Å². The maximum Gasteiger partial charge on any atom is 0.267 e. The van der Waals surface area contributed by atoms with Gasteiger partial charge in [-0.1, -0.05) is 6.07 Å². The van der Waals surface area contributed by atoms with E-state index in [1.54, 1.807) is 36.1 Å². The van der Waals surface area contributed by atoms with Gasteiger partial charge < -0.3 is 14.4 Å². The normalized spacial score (nSPS) is 25.9. The van der Waals surface area contributed by atoms with Crippen molar-refractivity contribution in [2.24, 2.45) is 0 Å². The highest BCUT2D eigenvalue weighted by atomic mass is 16.8. The van der Waals surface area contributed by atoms with Crippen LogP contribution in [0, 0.1) is 0 Å². The molecule has 1 aromatic carbocycles. The molecule has 3 heterocycles. The second kappa shape index (κ2) is 9.20. The van der Waals surface area contributed by atoms with E-state index in [2.05, 4.69) is 5.48 Å². The first-order valence-corrected chi connectivity index (χ1v) is 10.8. The molecule has 166 valence electrons. The number of likely N-dealkylation sites (tertiary alicyclic amines) is 1. The van der Waals surface area contributed by atoms with Gasteiger partial charge >= 0.3 is 0 Å². The molecule has 1 aromatic rings. The molecule has 2 unspecified atom stereocenters. The highest BCUT2D eigenvalue weighted by Crippen LogP contribution is 2.39. The Morgan fingerprint density at radius 2 is 2.16 bits per heavy atom. The molecule has 2 fully saturated rings. The Morgan fingerprint density at radius 1 is 1.29 bits per heavy atom. The van der Waals surface area contributed by atoms with Crippen LogP contribution in [0.3, 0.4) is 0 Å². The van der Waals surface area contributed by atoms with E-state index >= 15 is 0 Å². The third kappa shape index (κ3) is 5.14. The molecule has 2 amide bonds. The predicted molar refractivity (Wildman–Crippen MR) is 112 cm³/mol. The van der Waals surface area contributed by atoms with Crippen LogP contribution < -0.4 is 10.2 Å². The molecule has 0 bridgehead atoms. The summed E-state index contributed by atoms with van der Waals surface area (Å²) in [6.45, 7) is 3.30. The number of nitrogens with one attached hydrogen (secondary N) is 1.